The molecule has 8 nitrogen and oxygen atoms in total. The zero-order chi connectivity index (χ0) is 18.6. The van der Waals surface area contributed by atoms with E-state index in [-0.39, 0.29) is 12.4 Å². The number of hydrogen-bond acceptors (Lipinski definition) is 7. The summed E-state index contributed by atoms with van der Waals surface area (Å²) in [5.41, 5.74) is 1.53. The van der Waals surface area contributed by atoms with E-state index in [4.69, 9.17) is 4.74 Å². The number of ether oxygens (including phenoxy) is 1. The molecule has 0 fully saturated rings. The highest BCUT2D eigenvalue weighted by Gasteiger charge is 2.19. The Morgan fingerprint density at radius 1 is 1.07 bits per heavy atom. The first-order valence-corrected chi connectivity index (χ1v) is 8.05. The lowest BCUT2D eigenvalue weighted by molar-refractivity contribution is 0.397. The van der Waals surface area contributed by atoms with Gasteiger partial charge in [0.15, 0.2) is 11.5 Å². The van der Waals surface area contributed by atoms with E-state index >= 15 is 0 Å². The third kappa shape index (κ3) is 3.34. The predicted molar refractivity (Wildman–Crippen MR) is 94.1 cm³/mol. The van der Waals surface area contributed by atoms with Crippen molar-refractivity contribution in [3.63, 3.8) is 0 Å². The molecule has 0 radical (unpaired) electrons. The molecule has 0 spiro atoms. The molecule has 0 amide bonds. The first kappa shape index (κ1) is 16.7. The van der Waals surface area contributed by atoms with Crippen LogP contribution in [0.5, 0.6) is 5.88 Å². The summed E-state index contributed by atoms with van der Waals surface area (Å²) < 4.78 is 21.0. The molecule has 0 saturated heterocycles. The van der Waals surface area contributed by atoms with Crippen LogP contribution < -0.4 is 4.74 Å². The number of benzene rings is 1. The molecule has 1 aromatic carbocycles. The van der Waals surface area contributed by atoms with E-state index in [1.54, 1.807) is 35.3 Å². The molecule has 9 heteroatoms. The van der Waals surface area contributed by atoms with E-state index in [1.807, 2.05) is 0 Å². The Balaban J connectivity index is 1.84. The van der Waals surface area contributed by atoms with Crippen LogP contribution in [-0.2, 0) is 6.54 Å². The van der Waals surface area contributed by atoms with Crippen molar-refractivity contribution < 1.29 is 9.13 Å². The summed E-state index contributed by atoms with van der Waals surface area (Å²) in [4.78, 5) is 21.0. The van der Waals surface area contributed by atoms with E-state index in [9.17, 15) is 4.39 Å². The fraction of sp³-hybridized carbons (Fsp3) is 0.111. The van der Waals surface area contributed by atoms with E-state index in [2.05, 4.69) is 30.0 Å². The van der Waals surface area contributed by atoms with Crippen molar-refractivity contribution in [1.29, 1.82) is 0 Å². The molecule has 134 valence electrons. The zero-order valence-corrected chi connectivity index (χ0v) is 14.3. The lowest BCUT2D eigenvalue weighted by Gasteiger charge is -2.06. The number of methoxy groups -OCH3 is 1. The molecular weight excluding hydrogens is 349 g/mol. The molecule has 0 saturated carbocycles. The standard InChI is InChI=1S/C18H14FN7O/c1-27-18-15(22-6-7-23-18)16-24-17(13-8-20-11-21-9-13)26(25-16)10-12-4-2-3-5-14(12)19/h2-9,11H,10H2,1H3. The topological polar surface area (TPSA) is 91.5 Å². The Bertz CT molecular complexity index is 1070. The summed E-state index contributed by atoms with van der Waals surface area (Å²) in [5.74, 6) is 0.787. The molecule has 4 aromatic rings. The largest absolute Gasteiger partial charge is 0.479 e. The fourth-order valence-electron chi connectivity index (χ4n) is 2.60. The van der Waals surface area contributed by atoms with Crippen LogP contribution in [0.2, 0.25) is 0 Å². The minimum atomic E-state index is -0.318. The lowest BCUT2D eigenvalue weighted by Crippen LogP contribution is -2.06. The summed E-state index contributed by atoms with van der Waals surface area (Å²) in [5, 5.41) is 4.50. The van der Waals surface area contributed by atoms with Crippen molar-refractivity contribution >= 4 is 0 Å². The minimum absolute atomic E-state index is 0.187. The van der Waals surface area contributed by atoms with Gasteiger partial charge in [0.1, 0.15) is 12.1 Å². The first-order chi connectivity index (χ1) is 13.3. The normalized spacial score (nSPS) is 10.7. The van der Waals surface area contributed by atoms with Crippen molar-refractivity contribution in [2.45, 2.75) is 6.54 Å². The summed E-state index contributed by atoms with van der Waals surface area (Å²) in [6, 6.07) is 6.52. The Kier molecular flexibility index (Phi) is 4.48. The van der Waals surface area contributed by atoms with Crippen molar-refractivity contribution in [3.8, 4) is 28.8 Å². The highest BCUT2D eigenvalue weighted by molar-refractivity contribution is 5.61. The van der Waals surface area contributed by atoms with Crippen molar-refractivity contribution in [2.75, 3.05) is 7.11 Å². The van der Waals surface area contributed by atoms with Gasteiger partial charge in [0.2, 0.25) is 11.7 Å². The van der Waals surface area contributed by atoms with Crippen LogP contribution in [-0.4, -0.2) is 41.8 Å². The third-order valence-electron chi connectivity index (χ3n) is 3.84. The summed E-state index contributed by atoms with van der Waals surface area (Å²) >= 11 is 0. The molecule has 0 N–H and O–H groups in total. The Morgan fingerprint density at radius 2 is 1.85 bits per heavy atom. The average molecular weight is 363 g/mol. The summed E-state index contributed by atoms with van der Waals surface area (Å²) in [7, 11) is 1.50. The highest BCUT2D eigenvalue weighted by atomic mass is 19.1. The van der Waals surface area contributed by atoms with Crippen LogP contribution in [0.4, 0.5) is 4.39 Å². The first-order valence-electron chi connectivity index (χ1n) is 8.05. The Labute approximate surface area is 153 Å². The maximum Gasteiger partial charge on any atom is 0.243 e. The molecule has 3 aromatic heterocycles. The maximum absolute atomic E-state index is 14.1. The zero-order valence-electron chi connectivity index (χ0n) is 14.3. The lowest BCUT2D eigenvalue weighted by atomic mass is 10.2. The second-order valence-electron chi connectivity index (χ2n) is 5.55. The van der Waals surface area contributed by atoms with Gasteiger partial charge in [-0.1, -0.05) is 18.2 Å². The van der Waals surface area contributed by atoms with Crippen molar-refractivity contribution in [2.24, 2.45) is 0 Å². The van der Waals surface area contributed by atoms with Crippen LogP contribution in [0, 0.1) is 5.82 Å². The van der Waals surface area contributed by atoms with Gasteiger partial charge in [0, 0.05) is 30.4 Å². The molecule has 0 atom stereocenters. The maximum atomic E-state index is 14.1. The Hall–Kier alpha value is -3.75. The van der Waals surface area contributed by atoms with Crippen LogP contribution in [0.1, 0.15) is 5.56 Å². The molecule has 27 heavy (non-hydrogen) atoms. The number of hydrogen-bond donors (Lipinski definition) is 0. The molecule has 0 aliphatic heterocycles. The molecule has 0 aliphatic carbocycles. The van der Waals surface area contributed by atoms with Crippen molar-refractivity contribution in [1.82, 2.24) is 34.7 Å². The number of aromatic nitrogens is 7. The van der Waals surface area contributed by atoms with Gasteiger partial charge in [-0.2, -0.15) is 0 Å². The third-order valence-corrected chi connectivity index (χ3v) is 3.84. The summed E-state index contributed by atoms with van der Waals surface area (Å²) in [6.45, 7) is 0.187. The van der Waals surface area contributed by atoms with Gasteiger partial charge in [0.25, 0.3) is 0 Å². The number of rotatable bonds is 5. The number of halogens is 1. The van der Waals surface area contributed by atoms with Gasteiger partial charge in [0.05, 0.1) is 19.2 Å². The smallest absolute Gasteiger partial charge is 0.243 e. The highest BCUT2D eigenvalue weighted by Crippen LogP contribution is 2.26. The van der Waals surface area contributed by atoms with Gasteiger partial charge >= 0.3 is 0 Å². The fourth-order valence-corrected chi connectivity index (χ4v) is 2.60. The van der Waals surface area contributed by atoms with Gasteiger partial charge in [-0.05, 0) is 6.07 Å². The molecule has 0 unspecified atom stereocenters. The van der Waals surface area contributed by atoms with Gasteiger partial charge in [-0.3, -0.25) is 0 Å². The van der Waals surface area contributed by atoms with Crippen LogP contribution in [0.25, 0.3) is 22.9 Å². The predicted octanol–water partition coefficient (Wildman–Crippen LogP) is 2.39. The molecular formula is C18H14FN7O. The van der Waals surface area contributed by atoms with E-state index in [0.29, 0.717) is 34.3 Å². The minimum Gasteiger partial charge on any atom is -0.479 e. The SMILES string of the molecule is COc1nccnc1-c1nc(-c2cncnc2)n(Cc2ccccc2F)n1. The van der Waals surface area contributed by atoms with Crippen LogP contribution >= 0.6 is 0 Å². The average Bonchev–Trinajstić information content (AvgIpc) is 3.14. The van der Waals surface area contributed by atoms with Gasteiger partial charge in [-0.15, -0.1) is 5.10 Å². The quantitative estimate of drug-likeness (QED) is 0.537. The van der Waals surface area contributed by atoms with Crippen LogP contribution in [0.15, 0.2) is 55.4 Å². The second kappa shape index (κ2) is 7.24. The molecule has 0 aliphatic rings. The van der Waals surface area contributed by atoms with E-state index in [0.717, 1.165) is 0 Å². The molecule has 4 rings (SSSR count). The molecule has 3 heterocycles. The van der Waals surface area contributed by atoms with Crippen LogP contribution in [0.3, 0.4) is 0 Å². The molecule has 0 bridgehead atoms. The summed E-state index contributed by atoms with van der Waals surface area (Å²) in [6.07, 6.45) is 7.71. The second-order valence-corrected chi connectivity index (χ2v) is 5.55. The Morgan fingerprint density at radius 3 is 2.63 bits per heavy atom. The number of nitrogens with zero attached hydrogens (tertiary/aromatic N) is 7. The van der Waals surface area contributed by atoms with Crippen molar-refractivity contribution in [3.05, 3.63) is 66.8 Å². The van der Waals surface area contributed by atoms with E-state index in [1.165, 1.54) is 31.9 Å². The van der Waals surface area contributed by atoms with Gasteiger partial charge < -0.3 is 4.74 Å². The monoisotopic (exact) mass is 363 g/mol. The van der Waals surface area contributed by atoms with E-state index < -0.39 is 0 Å². The van der Waals surface area contributed by atoms with Gasteiger partial charge in [-0.25, -0.2) is 34.0 Å².